The molecule has 0 bridgehead atoms. The standard InChI is InChI=1S/C23H24N2O5/c1-3-28-22(26)16(2)25-20(15-30-23(25)27)12-17-8-10-21(11-9-17)29-14-19-6-4-18(13-24)5-7-19/h4-11,16,20H,3,12,14-15H2,1-2H3/t16?,20-/m0/s1. The monoisotopic (exact) mass is 408 g/mol. The summed E-state index contributed by atoms with van der Waals surface area (Å²) in [7, 11) is 0. The lowest BCUT2D eigenvalue weighted by molar-refractivity contribution is -0.148. The second kappa shape index (κ2) is 9.79. The molecule has 0 spiro atoms. The lowest BCUT2D eigenvalue weighted by Gasteiger charge is -2.26. The highest BCUT2D eigenvalue weighted by molar-refractivity contribution is 5.82. The molecular weight excluding hydrogens is 384 g/mol. The molecule has 3 rings (SSSR count). The van der Waals surface area contributed by atoms with Gasteiger partial charge in [0.15, 0.2) is 0 Å². The van der Waals surface area contributed by atoms with Gasteiger partial charge in [0.2, 0.25) is 0 Å². The molecule has 0 N–H and O–H groups in total. The number of rotatable bonds is 8. The number of nitrogens with zero attached hydrogens (tertiary/aromatic N) is 2. The predicted octanol–water partition coefficient (Wildman–Crippen LogP) is 3.45. The van der Waals surface area contributed by atoms with E-state index >= 15 is 0 Å². The van der Waals surface area contributed by atoms with Gasteiger partial charge in [-0.1, -0.05) is 24.3 Å². The van der Waals surface area contributed by atoms with Crippen LogP contribution in [0.3, 0.4) is 0 Å². The van der Waals surface area contributed by atoms with E-state index in [0.29, 0.717) is 18.6 Å². The van der Waals surface area contributed by atoms with Gasteiger partial charge in [-0.2, -0.15) is 5.26 Å². The van der Waals surface area contributed by atoms with Gasteiger partial charge in [0.05, 0.1) is 24.3 Å². The largest absolute Gasteiger partial charge is 0.489 e. The van der Waals surface area contributed by atoms with Gasteiger partial charge in [-0.15, -0.1) is 0 Å². The predicted molar refractivity (Wildman–Crippen MR) is 109 cm³/mol. The molecule has 1 heterocycles. The first-order valence-corrected chi connectivity index (χ1v) is 9.84. The van der Waals surface area contributed by atoms with Crippen LogP contribution in [-0.4, -0.2) is 42.3 Å². The van der Waals surface area contributed by atoms with E-state index in [1.807, 2.05) is 36.4 Å². The van der Waals surface area contributed by atoms with E-state index in [0.717, 1.165) is 16.9 Å². The first kappa shape index (κ1) is 21.2. The van der Waals surface area contributed by atoms with Gasteiger partial charge < -0.3 is 14.2 Å². The Bertz CT molecular complexity index is 918. The summed E-state index contributed by atoms with van der Waals surface area (Å²) in [5.41, 5.74) is 2.59. The molecule has 1 aliphatic heterocycles. The summed E-state index contributed by atoms with van der Waals surface area (Å²) in [5.74, 6) is 0.284. The molecular formula is C23H24N2O5. The minimum atomic E-state index is -0.694. The molecule has 0 saturated carbocycles. The molecule has 1 fully saturated rings. The van der Waals surface area contributed by atoms with E-state index in [1.54, 1.807) is 26.0 Å². The summed E-state index contributed by atoms with van der Waals surface area (Å²) < 4.78 is 16.0. The first-order chi connectivity index (χ1) is 14.5. The average molecular weight is 408 g/mol. The summed E-state index contributed by atoms with van der Waals surface area (Å²) in [6, 6.07) is 16.0. The van der Waals surface area contributed by atoms with E-state index in [2.05, 4.69) is 6.07 Å². The smallest absolute Gasteiger partial charge is 0.410 e. The Balaban J connectivity index is 1.58. The highest BCUT2D eigenvalue weighted by Gasteiger charge is 2.39. The van der Waals surface area contributed by atoms with Crippen LogP contribution >= 0.6 is 0 Å². The van der Waals surface area contributed by atoms with E-state index in [-0.39, 0.29) is 19.3 Å². The van der Waals surface area contributed by atoms with Crippen molar-refractivity contribution in [3.8, 4) is 11.8 Å². The molecule has 0 radical (unpaired) electrons. The SMILES string of the molecule is CCOC(=O)C(C)N1C(=O)OC[C@@H]1Cc1ccc(OCc2ccc(C#N)cc2)cc1. The van der Waals surface area contributed by atoms with Crippen LogP contribution in [-0.2, 0) is 27.3 Å². The quantitative estimate of drug-likeness (QED) is 0.622. The van der Waals surface area contributed by atoms with Crippen LogP contribution in [0, 0.1) is 11.3 Å². The topological polar surface area (TPSA) is 88.9 Å². The Labute approximate surface area is 175 Å². The number of amides is 1. The highest BCUT2D eigenvalue weighted by atomic mass is 16.6. The maximum absolute atomic E-state index is 12.1. The Morgan fingerprint density at radius 1 is 1.20 bits per heavy atom. The molecule has 30 heavy (non-hydrogen) atoms. The zero-order valence-corrected chi connectivity index (χ0v) is 17.0. The lowest BCUT2D eigenvalue weighted by Crippen LogP contribution is -2.46. The van der Waals surface area contributed by atoms with Crippen molar-refractivity contribution in [1.29, 1.82) is 5.26 Å². The normalized spacial score (nSPS) is 16.5. The van der Waals surface area contributed by atoms with Crippen LogP contribution in [0.1, 0.15) is 30.5 Å². The Morgan fingerprint density at radius 2 is 1.87 bits per heavy atom. The van der Waals surface area contributed by atoms with Gasteiger partial charge in [0, 0.05) is 0 Å². The molecule has 2 aromatic rings. The molecule has 2 atom stereocenters. The van der Waals surface area contributed by atoms with Gasteiger partial charge in [0.1, 0.15) is 25.0 Å². The van der Waals surface area contributed by atoms with E-state index < -0.39 is 18.1 Å². The molecule has 7 heteroatoms. The zero-order chi connectivity index (χ0) is 21.5. The number of ether oxygens (including phenoxy) is 3. The van der Waals surface area contributed by atoms with Crippen molar-refractivity contribution in [3.05, 3.63) is 65.2 Å². The van der Waals surface area contributed by atoms with Crippen LogP contribution in [0.2, 0.25) is 0 Å². The second-order valence-electron chi connectivity index (χ2n) is 7.01. The number of cyclic esters (lactones) is 1. The Morgan fingerprint density at radius 3 is 2.50 bits per heavy atom. The maximum Gasteiger partial charge on any atom is 0.410 e. The fraction of sp³-hybridized carbons (Fsp3) is 0.348. The third kappa shape index (κ3) is 5.09. The molecule has 1 saturated heterocycles. The van der Waals surface area contributed by atoms with E-state index in [9.17, 15) is 9.59 Å². The fourth-order valence-electron chi connectivity index (χ4n) is 3.32. The summed E-state index contributed by atoms with van der Waals surface area (Å²) in [6.45, 7) is 4.29. The van der Waals surface area contributed by atoms with E-state index in [1.165, 1.54) is 4.90 Å². The summed E-state index contributed by atoms with van der Waals surface area (Å²) >= 11 is 0. The Hall–Kier alpha value is -3.53. The molecule has 0 aromatic heterocycles. The molecule has 1 unspecified atom stereocenters. The van der Waals surface area contributed by atoms with Crippen LogP contribution < -0.4 is 4.74 Å². The van der Waals surface area contributed by atoms with Crippen molar-refractivity contribution in [1.82, 2.24) is 4.90 Å². The van der Waals surface area contributed by atoms with Crippen LogP contribution in [0.4, 0.5) is 4.79 Å². The van der Waals surface area contributed by atoms with Crippen LogP contribution in [0.25, 0.3) is 0 Å². The molecule has 1 aliphatic rings. The van der Waals surface area contributed by atoms with Crippen molar-refractivity contribution in [2.45, 2.75) is 39.0 Å². The van der Waals surface area contributed by atoms with E-state index in [4.69, 9.17) is 19.5 Å². The van der Waals surface area contributed by atoms with Crippen molar-refractivity contribution in [2.24, 2.45) is 0 Å². The number of nitriles is 1. The first-order valence-electron chi connectivity index (χ1n) is 9.84. The average Bonchev–Trinajstić information content (AvgIpc) is 3.13. The highest BCUT2D eigenvalue weighted by Crippen LogP contribution is 2.22. The minimum Gasteiger partial charge on any atom is -0.489 e. The fourth-order valence-corrected chi connectivity index (χ4v) is 3.32. The van der Waals surface area contributed by atoms with Crippen LogP contribution in [0.5, 0.6) is 5.75 Å². The number of hydrogen-bond donors (Lipinski definition) is 0. The number of benzene rings is 2. The molecule has 7 nitrogen and oxygen atoms in total. The van der Waals surface area contributed by atoms with Crippen molar-refractivity contribution in [3.63, 3.8) is 0 Å². The maximum atomic E-state index is 12.1. The Kier molecular flexibility index (Phi) is 6.91. The number of hydrogen-bond acceptors (Lipinski definition) is 6. The molecule has 0 aliphatic carbocycles. The van der Waals surface area contributed by atoms with Gasteiger partial charge in [-0.25, -0.2) is 9.59 Å². The lowest BCUT2D eigenvalue weighted by atomic mass is 10.0. The van der Waals surface area contributed by atoms with Crippen LogP contribution in [0.15, 0.2) is 48.5 Å². The molecule has 2 aromatic carbocycles. The zero-order valence-electron chi connectivity index (χ0n) is 17.0. The second-order valence-corrected chi connectivity index (χ2v) is 7.01. The molecule has 156 valence electrons. The summed E-state index contributed by atoms with van der Waals surface area (Å²) in [5, 5.41) is 8.84. The molecule has 1 amide bonds. The van der Waals surface area contributed by atoms with Gasteiger partial charge in [-0.05, 0) is 55.7 Å². The van der Waals surface area contributed by atoms with Gasteiger partial charge in [0.25, 0.3) is 0 Å². The minimum absolute atomic E-state index is 0.234. The summed E-state index contributed by atoms with van der Waals surface area (Å²) in [4.78, 5) is 25.6. The van der Waals surface area contributed by atoms with Crippen molar-refractivity contribution in [2.75, 3.05) is 13.2 Å². The van der Waals surface area contributed by atoms with Gasteiger partial charge >= 0.3 is 12.1 Å². The summed E-state index contributed by atoms with van der Waals surface area (Å²) in [6.07, 6.45) is 0.0636. The third-order valence-electron chi connectivity index (χ3n) is 4.93. The number of esters is 1. The van der Waals surface area contributed by atoms with Crippen molar-refractivity contribution >= 4 is 12.1 Å². The van der Waals surface area contributed by atoms with Crippen molar-refractivity contribution < 1.29 is 23.8 Å². The third-order valence-corrected chi connectivity index (χ3v) is 4.93. The number of carbonyl (C=O) groups is 2. The number of carbonyl (C=O) groups excluding carboxylic acids is 2. The van der Waals surface area contributed by atoms with Gasteiger partial charge in [-0.3, -0.25) is 4.90 Å².